The lowest BCUT2D eigenvalue weighted by atomic mass is 10.2. The number of hydrogen-bond acceptors (Lipinski definition) is 3. The van der Waals surface area contributed by atoms with Crippen LogP contribution < -0.4 is 0 Å². The van der Waals surface area contributed by atoms with Crippen molar-refractivity contribution in [1.29, 1.82) is 0 Å². The van der Waals surface area contributed by atoms with Crippen LogP contribution in [0.25, 0.3) is 0 Å². The van der Waals surface area contributed by atoms with E-state index in [1.54, 1.807) is 11.8 Å². The number of ether oxygens (including phenoxy) is 1. The topological polar surface area (TPSA) is 46.6 Å². The Hall–Kier alpha value is -0.580. The smallest absolute Gasteiger partial charge is 0.326 e. The number of halogens is 1. The van der Waals surface area contributed by atoms with Crippen molar-refractivity contribution in [2.75, 3.05) is 6.54 Å². The van der Waals surface area contributed by atoms with Crippen LogP contribution in [0, 0.1) is 0 Å². The molecular weight excluding hydrogens is 310 g/mol. The van der Waals surface area contributed by atoms with Crippen LogP contribution >= 0.6 is 15.9 Å². The standard InChI is InChI=1S/C14H24BrNO3/c1-10(15)13(18)16(11-7-5-6-8-11)9-12(17)19-14(2,3)4/h10-11H,5-9H2,1-4H3. The molecule has 5 heteroatoms. The first-order chi connectivity index (χ1) is 8.70. The second kappa shape index (κ2) is 6.73. The third kappa shape index (κ3) is 5.51. The number of rotatable bonds is 4. The summed E-state index contributed by atoms with van der Waals surface area (Å²) in [4.78, 5) is 25.5. The Morgan fingerprint density at radius 2 is 1.84 bits per heavy atom. The van der Waals surface area contributed by atoms with Crippen LogP contribution in [0.2, 0.25) is 0 Å². The van der Waals surface area contributed by atoms with Gasteiger partial charge >= 0.3 is 5.97 Å². The SMILES string of the molecule is CC(Br)C(=O)N(CC(=O)OC(C)(C)C)C1CCCC1. The quantitative estimate of drug-likeness (QED) is 0.587. The van der Waals surface area contributed by atoms with Gasteiger partial charge in [0.25, 0.3) is 0 Å². The molecule has 1 saturated carbocycles. The van der Waals surface area contributed by atoms with Gasteiger partial charge in [-0.2, -0.15) is 0 Å². The fraction of sp³-hybridized carbons (Fsp3) is 0.857. The van der Waals surface area contributed by atoms with E-state index in [-0.39, 0.29) is 29.3 Å². The molecule has 19 heavy (non-hydrogen) atoms. The lowest BCUT2D eigenvalue weighted by molar-refractivity contribution is -0.159. The van der Waals surface area contributed by atoms with E-state index in [2.05, 4.69) is 15.9 Å². The number of esters is 1. The molecule has 1 aliphatic carbocycles. The summed E-state index contributed by atoms with van der Waals surface area (Å²) >= 11 is 3.30. The lowest BCUT2D eigenvalue weighted by Crippen LogP contribution is -2.46. The fourth-order valence-corrected chi connectivity index (χ4v) is 2.61. The number of carbonyl (C=O) groups excluding carboxylic acids is 2. The van der Waals surface area contributed by atoms with E-state index in [9.17, 15) is 9.59 Å². The van der Waals surface area contributed by atoms with E-state index in [0.29, 0.717) is 0 Å². The highest BCUT2D eigenvalue weighted by atomic mass is 79.9. The van der Waals surface area contributed by atoms with Crippen LogP contribution in [-0.4, -0.2) is 39.8 Å². The van der Waals surface area contributed by atoms with Gasteiger partial charge in [-0.15, -0.1) is 0 Å². The van der Waals surface area contributed by atoms with Crippen molar-refractivity contribution in [2.45, 2.75) is 69.8 Å². The molecule has 0 N–H and O–H groups in total. The Labute approximate surface area is 124 Å². The molecule has 1 fully saturated rings. The maximum Gasteiger partial charge on any atom is 0.326 e. The third-order valence-electron chi connectivity index (χ3n) is 3.11. The minimum atomic E-state index is -0.512. The number of carbonyl (C=O) groups is 2. The van der Waals surface area contributed by atoms with Crippen LogP contribution in [0.3, 0.4) is 0 Å². The van der Waals surface area contributed by atoms with Crippen LogP contribution in [0.15, 0.2) is 0 Å². The molecule has 1 amide bonds. The van der Waals surface area contributed by atoms with Gasteiger partial charge in [-0.25, -0.2) is 0 Å². The predicted molar refractivity (Wildman–Crippen MR) is 78.2 cm³/mol. The zero-order chi connectivity index (χ0) is 14.6. The molecule has 110 valence electrons. The van der Waals surface area contributed by atoms with E-state index in [4.69, 9.17) is 4.74 Å². The van der Waals surface area contributed by atoms with Crippen LogP contribution in [0.1, 0.15) is 53.4 Å². The molecule has 0 aromatic carbocycles. The zero-order valence-electron chi connectivity index (χ0n) is 12.2. The van der Waals surface area contributed by atoms with Gasteiger partial charge in [0, 0.05) is 6.04 Å². The molecule has 0 radical (unpaired) electrons. The van der Waals surface area contributed by atoms with Crippen molar-refractivity contribution in [2.24, 2.45) is 0 Å². The van der Waals surface area contributed by atoms with E-state index in [0.717, 1.165) is 25.7 Å². The zero-order valence-corrected chi connectivity index (χ0v) is 13.8. The number of nitrogens with zero attached hydrogens (tertiary/aromatic N) is 1. The monoisotopic (exact) mass is 333 g/mol. The molecule has 1 aliphatic rings. The summed E-state index contributed by atoms with van der Waals surface area (Å²) in [5.41, 5.74) is -0.512. The van der Waals surface area contributed by atoms with Crippen LogP contribution in [0.4, 0.5) is 0 Å². The summed E-state index contributed by atoms with van der Waals surface area (Å²) in [5.74, 6) is -0.362. The molecule has 0 bridgehead atoms. The summed E-state index contributed by atoms with van der Waals surface area (Å²) < 4.78 is 5.31. The highest BCUT2D eigenvalue weighted by Crippen LogP contribution is 2.25. The molecule has 0 saturated heterocycles. The van der Waals surface area contributed by atoms with Crippen molar-refractivity contribution < 1.29 is 14.3 Å². The summed E-state index contributed by atoms with van der Waals surface area (Å²) in [6.07, 6.45) is 4.21. The van der Waals surface area contributed by atoms with Crippen molar-refractivity contribution in [3.63, 3.8) is 0 Å². The van der Waals surface area contributed by atoms with E-state index >= 15 is 0 Å². The summed E-state index contributed by atoms with van der Waals surface area (Å²) in [6, 6.07) is 0.181. The van der Waals surface area contributed by atoms with Crippen LogP contribution in [0.5, 0.6) is 0 Å². The first-order valence-electron chi connectivity index (χ1n) is 6.87. The number of amides is 1. The first kappa shape index (κ1) is 16.5. The Morgan fingerprint density at radius 1 is 1.32 bits per heavy atom. The second-order valence-corrected chi connectivity index (χ2v) is 7.48. The average Bonchev–Trinajstić information content (AvgIpc) is 2.75. The lowest BCUT2D eigenvalue weighted by Gasteiger charge is -2.30. The molecular formula is C14H24BrNO3. The minimum absolute atomic E-state index is 0.0299. The molecule has 1 rings (SSSR count). The van der Waals surface area contributed by atoms with E-state index < -0.39 is 5.60 Å². The Kier molecular flexibility index (Phi) is 5.83. The molecule has 0 aromatic heterocycles. The molecule has 1 atom stereocenters. The average molecular weight is 334 g/mol. The third-order valence-corrected chi connectivity index (χ3v) is 3.50. The Morgan fingerprint density at radius 3 is 2.26 bits per heavy atom. The van der Waals surface area contributed by atoms with Crippen LogP contribution in [-0.2, 0) is 14.3 Å². The van der Waals surface area contributed by atoms with Gasteiger partial charge in [0.05, 0.1) is 4.83 Å². The molecule has 0 spiro atoms. The van der Waals surface area contributed by atoms with Gasteiger partial charge in [0.15, 0.2) is 0 Å². The number of alkyl halides is 1. The predicted octanol–water partition coefficient (Wildman–Crippen LogP) is 2.88. The van der Waals surface area contributed by atoms with E-state index in [1.807, 2.05) is 20.8 Å². The second-order valence-electron chi connectivity index (χ2n) is 6.11. The first-order valence-corrected chi connectivity index (χ1v) is 7.78. The van der Waals surface area contributed by atoms with Gasteiger partial charge in [-0.05, 0) is 40.5 Å². The van der Waals surface area contributed by atoms with Gasteiger partial charge in [-0.1, -0.05) is 28.8 Å². The Balaban J connectivity index is 2.69. The highest BCUT2D eigenvalue weighted by Gasteiger charge is 2.31. The fourth-order valence-electron chi connectivity index (χ4n) is 2.34. The highest BCUT2D eigenvalue weighted by molar-refractivity contribution is 9.10. The van der Waals surface area contributed by atoms with Gasteiger partial charge in [0.1, 0.15) is 12.1 Å². The summed E-state index contributed by atoms with van der Waals surface area (Å²) in [5, 5.41) is 0. The van der Waals surface area contributed by atoms with Crippen molar-refractivity contribution in [3.8, 4) is 0 Å². The normalized spacial score (nSPS) is 18.2. The molecule has 0 heterocycles. The molecule has 4 nitrogen and oxygen atoms in total. The summed E-state index contributed by atoms with van der Waals surface area (Å²) in [7, 11) is 0. The minimum Gasteiger partial charge on any atom is -0.459 e. The van der Waals surface area contributed by atoms with E-state index in [1.165, 1.54) is 0 Å². The maximum absolute atomic E-state index is 12.2. The van der Waals surface area contributed by atoms with Gasteiger partial charge < -0.3 is 9.64 Å². The van der Waals surface area contributed by atoms with Crippen molar-refractivity contribution >= 4 is 27.8 Å². The largest absolute Gasteiger partial charge is 0.459 e. The van der Waals surface area contributed by atoms with Crippen molar-refractivity contribution in [1.82, 2.24) is 4.90 Å². The Bertz CT molecular complexity index is 330. The molecule has 0 aromatic rings. The van der Waals surface area contributed by atoms with Crippen molar-refractivity contribution in [3.05, 3.63) is 0 Å². The molecule has 0 aliphatic heterocycles. The van der Waals surface area contributed by atoms with Gasteiger partial charge in [0.2, 0.25) is 5.91 Å². The maximum atomic E-state index is 12.2. The molecule has 1 unspecified atom stereocenters. The van der Waals surface area contributed by atoms with Gasteiger partial charge in [-0.3, -0.25) is 9.59 Å². The number of hydrogen-bond donors (Lipinski definition) is 0. The summed E-state index contributed by atoms with van der Waals surface area (Å²) in [6.45, 7) is 7.34.